The first-order valence-corrected chi connectivity index (χ1v) is 5.08. The number of carbonyl (C=O) groups is 1. The van der Waals surface area contributed by atoms with E-state index in [2.05, 4.69) is 4.74 Å². The van der Waals surface area contributed by atoms with Crippen molar-refractivity contribution in [2.75, 3.05) is 12.9 Å². The lowest BCUT2D eigenvalue weighted by Gasteiger charge is -2.12. The summed E-state index contributed by atoms with van der Waals surface area (Å²) in [5.41, 5.74) is 0. The summed E-state index contributed by atoms with van der Waals surface area (Å²) >= 11 is 0. The highest BCUT2D eigenvalue weighted by Gasteiger charge is 2.36. The van der Waals surface area contributed by atoms with E-state index in [0.717, 1.165) is 7.11 Å². The molecule has 0 saturated heterocycles. The van der Waals surface area contributed by atoms with Gasteiger partial charge in [-0.1, -0.05) is 0 Å². The van der Waals surface area contributed by atoms with Gasteiger partial charge < -0.3 is 4.74 Å². The first-order chi connectivity index (χ1) is 6.16. The summed E-state index contributed by atoms with van der Waals surface area (Å²) in [5, 5.41) is 0. The Labute approximate surface area is 79.3 Å². The molecule has 0 spiro atoms. The monoisotopic (exact) mass is 234 g/mol. The van der Waals surface area contributed by atoms with Crippen LogP contribution in [0.5, 0.6) is 0 Å². The molecule has 0 heterocycles. The maximum Gasteiger partial charge on any atom is 0.308 e. The minimum absolute atomic E-state index is 0.654. The molecule has 0 aliphatic heterocycles. The summed E-state index contributed by atoms with van der Waals surface area (Å²) < 4.78 is 60.9. The highest BCUT2D eigenvalue weighted by molar-refractivity contribution is 7.86. The smallest absolute Gasteiger partial charge is 0.308 e. The van der Waals surface area contributed by atoms with Crippen LogP contribution in [0.1, 0.15) is 12.8 Å². The summed E-state index contributed by atoms with van der Waals surface area (Å²) in [6.07, 6.45) is -1.71. The molecule has 0 amide bonds. The van der Waals surface area contributed by atoms with E-state index in [1.807, 2.05) is 0 Å². The molecule has 0 saturated carbocycles. The van der Waals surface area contributed by atoms with Gasteiger partial charge in [0.15, 0.2) is 0 Å². The zero-order chi connectivity index (χ0) is 11.4. The van der Waals surface area contributed by atoms with Gasteiger partial charge in [-0.15, -0.1) is 3.89 Å². The molecule has 0 unspecified atom stereocenters. The standard InChI is InChI=1S/C6H9F3O4S/c1-13-5(10)2-3-6(7,8)4-14(9,11)12/h2-4H2,1H3. The van der Waals surface area contributed by atoms with Crippen molar-refractivity contribution in [2.45, 2.75) is 18.8 Å². The molecule has 0 aromatic rings. The average Bonchev–Trinajstić information content (AvgIpc) is 1.96. The Kier molecular flexibility index (Phi) is 4.37. The molecule has 0 aliphatic rings. The van der Waals surface area contributed by atoms with Gasteiger partial charge in [0, 0.05) is 6.42 Å². The van der Waals surface area contributed by atoms with Crippen molar-refractivity contribution in [3.63, 3.8) is 0 Å². The predicted octanol–water partition coefficient (Wildman–Crippen LogP) is 0.874. The summed E-state index contributed by atoms with van der Waals surface area (Å²) in [6, 6.07) is 0. The topological polar surface area (TPSA) is 60.4 Å². The van der Waals surface area contributed by atoms with Gasteiger partial charge in [0.1, 0.15) is 5.75 Å². The van der Waals surface area contributed by atoms with Crippen molar-refractivity contribution in [3.8, 4) is 0 Å². The molecule has 0 aromatic carbocycles. The maximum atomic E-state index is 12.6. The third kappa shape index (κ3) is 6.70. The summed E-state index contributed by atoms with van der Waals surface area (Å²) in [5.74, 6) is -6.56. The number of esters is 1. The molecule has 0 rings (SSSR count). The number of carbonyl (C=O) groups excluding carboxylic acids is 1. The third-order valence-corrected chi connectivity index (χ3v) is 2.07. The molecule has 0 atom stereocenters. The fourth-order valence-electron chi connectivity index (χ4n) is 0.711. The normalized spacial score (nSPS) is 12.6. The molecule has 0 fully saturated rings. The highest BCUT2D eigenvalue weighted by Crippen LogP contribution is 2.23. The Balaban J connectivity index is 4.15. The molecule has 0 aromatic heterocycles. The average molecular weight is 234 g/mol. The number of ether oxygens (including phenoxy) is 1. The van der Waals surface area contributed by atoms with Crippen LogP contribution >= 0.6 is 0 Å². The second-order valence-corrected chi connectivity index (χ2v) is 3.98. The number of methoxy groups -OCH3 is 1. The van der Waals surface area contributed by atoms with Crippen molar-refractivity contribution in [3.05, 3.63) is 0 Å². The highest BCUT2D eigenvalue weighted by atomic mass is 32.3. The quantitative estimate of drug-likeness (QED) is 0.523. The molecule has 14 heavy (non-hydrogen) atoms. The van der Waals surface area contributed by atoms with Crippen LogP contribution in [0.25, 0.3) is 0 Å². The van der Waals surface area contributed by atoms with Crippen molar-refractivity contribution in [2.24, 2.45) is 0 Å². The predicted molar refractivity (Wildman–Crippen MR) is 41.1 cm³/mol. The number of alkyl halides is 2. The molecule has 0 aliphatic carbocycles. The summed E-state index contributed by atoms with van der Waals surface area (Å²) in [7, 11) is -4.23. The van der Waals surface area contributed by atoms with Gasteiger partial charge in [-0.2, -0.15) is 8.42 Å². The van der Waals surface area contributed by atoms with Crippen LogP contribution in [0.3, 0.4) is 0 Å². The fourth-order valence-corrected chi connectivity index (χ4v) is 1.36. The van der Waals surface area contributed by atoms with Gasteiger partial charge in [-0.3, -0.25) is 4.79 Å². The lowest BCUT2D eigenvalue weighted by molar-refractivity contribution is -0.142. The van der Waals surface area contributed by atoms with E-state index >= 15 is 0 Å². The van der Waals surface area contributed by atoms with Gasteiger partial charge in [0.25, 0.3) is 5.92 Å². The van der Waals surface area contributed by atoms with Crippen LogP contribution in [-0.2, 0) is 19.8 Å². The largest absolute Gasteiger partial charge is 0.469 e. The molecular weight excluding hydrogens is 225 g/mol. The summed E-state index contributed by atoms with van der Waals surface area (Å²) in [4.78, 5) is 10.4. The molecule has 84 valence electrons. The molecule has 4 nitrogen and oxygen atoms in total. The minimum atomic E-state index is -5.24. The molecule has 0 N–H and O–H groups in total. The second-order valence-electron chi connectivity index (χ2n) is 2.62. The van der Waals surface area contributed by atoms with Crippen molar-refractivity contribution in [1.82, 2.24) is 0 Å². The van der Waals surface area contributed by atoms with Gasteiger partial charge in [-0.05, 0) is 0 Å². The Morgan fingerprint density at radius 1 is 1.43 bits per heavy atom. The van der Waals surface area contributed by atoms with Gasteiger partial charge >= 0.3 is 16.2 Å². The van der Waals surface area contributed by atoms with E-state index < -0.39 is 40.7 Å². The van der Waals surface area contributed by atoms with E-state index in [0.29, 0.717) is 0 Å². The van der Waals surface area contributed by atoms with E-state index in [1.54, 1.807) is 0 Å². The minimum Gasteiger partial charge on any atom is -0.469 e. The molecule has 8 heteroatoms. The van der Waals surface area contributed by atoms with Crippen molar-refractivity contribution < 1.29 is 30.6 Å². The van der Waals surface area contributed by atoms with Gasteiger partial charge in [0.2, 0.25) is 0 Å². The summed E-state index contributed by atoms with van der Waals surface area (Å²) in [6.45, 7) is 0. The zero-order valence-electron chi connectivity index (χ0n) is 7.30. The number of halogens is 3. The Morgan fingerprint density at radius 2 is 1.93 bits per heavy atom. The maximum absolute atomic E-state index is 12.6. The van der Waals surface area contributed by atoms with E-state index in [1.165, 1.54) is 0 Å². The lowest BCUT2D eigenvalue weighted by Crippen LogP contribution is -2.26. The lowest BCUT2D eigenvalue weighted by atomic mass is 10.2. The molecule has 0 bridgehead atoms. The molecule has 0 radical (unpaired) electrons. The second kappa shape index (κ2) is 4.63. The first-order valence-electron chi connectivity index (χ1n) is 3.53. The Morgan fingerprint density at radius 3 is 2.29 bits per heavy atom. The van der Waals surface area contributed by atoms with E-state index in [9.17, 15) is 25.9 Å². The van der Waals surface area contributed by atoms with Crippen LogP contribution in [0, 0.1) is 0 Å². The molecular formula is C6H9F3O4S. The number of hydrogen-bond donors (Lipinski definition) is 0. The third-order valence-electron chi connectivity index (χ3n) is 1.31. The van der Waals surface area contributed by atoms with Crippen molar-refractivity contribution in [1.29, 1.82) is 0 Å². The van der Waals surface area contributed by atoms with Crippen LogP contribution in [0.4, 0.5) is 12.7 Å². The first kappa shape index (κ1) is 13.2. The van der Waals surface area contributed by atoms with Gasteiger partial charge in [0.05, 0.1) is 13.5 Å². The van der Waals surface area contributed by atoms with Gasteiger partial charge in [-0.25, -0.2) is 8.78 Å². The van der Waals surface area contributed by atoms with Crippen LogP contribution in [0.2, 0.25) is 0 Å². The van der Waals surface area contributed by atoms with Crippen LogP contribution in [0.15, 0.2) is 0 Å². The van der Waals surface area contributed by atoms with E-state index in [4.69, 9.17) is 0 Å². The van der Waals surface area contributed by atoms with E-state index in [-0.39, 0.29) is 0 Å². The number of rotatable bonds is 5. The fraction of sp³-hybridized carbons (Fsp3) is 0.833. The Bertz CT molecular complexity index is 298. The zero-order valence-corrected chi connectivity index (χ0v) is 8.11. The number of hydrogen-bond acceptors (Lipinski definition) is 4. The van der Waals surface area contributed by atoms with Crippen LogP contribution < -0.4 is 0 Å². The van der Waals surface area contributed by atoms with Crippen molar-refractivity contribution >= 4 is 16.2 Å². The SMILES string of the molecule is COC(=O)CCC(F)(F)CS(=O)(=O)F. The Hall–Kier alpha value is -0.790. The van der Waals surface area contributed by atoms with Crippen LogP contribution in [-0.4, -0.2) is 33.2 Å².